The molecule has 0 radical (unpaired) electrons. The van der Waals surface area contributed by atoms with Gasteiger partial charge in [0.2, 0.25) is 0 Å². The molecule has 0 spiro atoms. The number of carbonyl (C=O) groups excluding carboxylic acids is 1. The molecule has 2 aromatic carbocycles. The van der Waals surface area contributed by atoms with E-state index in [4.69, 9.17) is 9.47 Å². The largest absolute Gasteiger partial charge is 0.514 e. The standard InChI is InChI=1S/C29H35NO4/c31-27(33-20-22-7-2-1-3-8-22)34-24-12-11-23-17-26-29(32)14-5-4-13-28(29,25(23)18-24)15-16-30(26)19-21-9-6-10-21/h1-3,7-8,11-12,18,21,26,32H,4-6,9-10,13-17,19-20H2/t26-,28+,29-/m1/s1. The summed E-state index contributed by atoms with van der Waals surface area (Å²) in [6.45, 7) is 2.37. The first-order valence-electron chi connectivity index (χ1n) is 13.1. The Labute approximate surface area is 202 Å². The van der Waals surface area contributed by atoms with Crippen molar-refractivity contribution in [2.45, 2.75) is 81.5 Å². The summed E-state index contributed by atoms with van der Waals surface area (Å²) in [4.78, 5) is 15.0. The smallest absolute Gasteiger partial charge is 0.429 e. The van der Waals surface area contributed by atoms with Gasteiger partial charge >= 0.3 is 6.16 Å². The summed E-state index contributed by atoms with van der Waals surface area (Å²) in [7, 11) is 0. The molecule has 1 heterocycles. The van der Waals surface area contributed by atoms with Crippen molar-refractivity contribution in [3.8, 4) is 5.75 Å². The van der Waals surface area contributed by atoms with Crippen molar-refractivity contribution >= 4 is 6.16 Å². The van der Waals surface area contributed by atoms with Crippen molar-refractivity contribution in [2.24, 2.45) is 5.92 Å². The van der Waals surface area contributed by atoms with Crippen LogP contribution in [0.2, 0.25) is 0 Å². The summed E-state index contributed by atoms with van der Waals surface area (Å²) < 4.78 is 10.9. The third kappa shape index (κ3) is 3.64. The Morgan fingerprint density at radius 1 is 1.03 bits per heavy atom. The lowest BCUT2D eigenvalue weighted by molar-refractivity contribution is -0.169. The van der Waals surface area contributed by atoms with Gasteiger partial charge in [0.25, 0.3) is 0 Å². The predicted molar refractivity (Wildman–Crippen MR) is 130 cm³/mol. The van der Waals surface area contributed by atoms with Gasteiger partial charge in [0.05, 0.1) is 5.60 Å². The maximum absolute atomic E-state index is 12.4. The third-order valence-corrected chi connectivity index (χ3v) is 9.19. The van der Waals surface area contributed by atoms with Crippen LogP contribution in [0.5, 0.6) is 5.75 Å². The van der Waals surface area contributed by atoms with Crippen LogP contribution in [0.25, 0.3) is 0 Å². The van der Waals surface area contributed by atoms with Crippen LogP contribution in [-0.2, 0) is 23.2 Å². The van der Waals surface area contributed by atoms with Crippen LogP contribution in [0.3, 0.4) is 0 Å². The number of piperidine rings is 1. The fourth-order valence-electron chi connectivity index (χ4n) is 7.22. The van der Waals surface area contributed by atoms with Crippen molar-refractivity contribution in [1.82, 2.24) is 4.90 Å². The molecule has 6 rings (SSSR count). The predicted octanol–water partition coefficient (Wildman–Crippen LogP) is 5.38. The molecule has 0 aromatic heterocycles. The second-order valence-electron chi connectivity index (χ2n) is 10.9. The number of ether oxygens (including phenoxy) is 2. The van der Waals surface area contributed by atoms with E-state index in [-0.39, 0.29) is 18.1 Å². The zero-order chi connectivity index (χ0) is 23.2. The molecule has 1 saturated heterocycles. The summed E-state index contributed by atoms with van der Waals surface area (Å²) >= 11 is 0. The fraction of sp³-hybridized carbons (Fsp3) is 0.552. The van der Waals surface area contributed by atoms with Crippen LogP contribution in [0.4, 0.5) is 4.79 Å². The number of aliphatic hydroxyl groups is 1. The van der Waals surface area contributed by atoms with Gasteiger partial charge in [-0.1, -0.05) is 55.7 Å². The topological polar surface area (TPSA) is 59.0 Å². The Balaban J connectivity index is 1.24. The molecule has 3 aliphatic carbocycles. The molecule has 1 N–H and O–H groups in total. The number of carbonyl (C=O) groups is 1. The molecular formula is C29H35NO4. The van der Waals surface area contributed by atoms with Crippen molar-refractivity contribution in [3.05, 3.63) is 65.2 Å². The van der Waals surface area contributed by atoms with Crippen molar-refractivity contribution in [1.29, 1.82) is 0 Å². The molecule has 2 aromatic rings. The van der Waals surface area contributed by atoms with Crippen LogP contribution in [0, 0.1) is 5.92 Å². The Bertz CT molecular complexity index is 1050. The Hall–Kier alpha value is -2.37. The van der Waals surface area contributed by atoms with Gasteiger partial charge < -0.3 is 14.6 Å². The monoisotopic (exact) mass is 461 g/mol. The molecule has 4 aliphatic rings. The van der Waals surface area contributed by atoms with Gasteiger partial charge in [-0.3, -0.25) is 4.90 Å². The quantitative estimate of drug-likeness (QED) is 0.479. The fourth-order valence-corrected chi connectivity index (χ4v) is 7.22. The number of nitrogens with zero attached hydrogens (tertiary/aromatic N) is 1. The number of hydrogen-bond donors (Lipinski definition) is 1. The molecule has 1 aliphatic heterocycles. The Morgan fingerprint density at radius 3 is 2.65 bits per heavy atom. The summed E-state index contributed by atoms with van der Waals surface area (Å²) in [6, 6.07) is 15.8. The minimum Gasteiger partial charge on any atom is -0.429 e. The van der Waals surface area contributed by atoms with Crippen LogP contribution < -0.4 is 4.74 Å². The summed E-state index contributed by atoms with van der Waals surface area (Å²) in [5, 5.41) is 12.3. The zero-order valence-electron chi connectivity index (χ0n) is 19.9. The number of hydrogen-bond acceptors (Lipinski definition) is 5. The Morgan fingerprint density at radius 2 is 1.85 bits per heavy atom. The number of likely N-dealkylation sites (tertiary alicyclic amines) is 1. The van der Waals surface area contributed by atoms with Crippen LogP contribution in [0.15, 0.2) is 48.5 Å². The molecule has 5 heteroatoms. The number of benzene rings is 2. The third-order valence-electron chi connectivity index (χ3n) is 9.19. The highest BCUT2D eigenvalue weighted by Crippen LogP contribution is 2.58. The van der Waals surface area contributed by atoms with E-state index in [9.17, 15) is 9.90 Å². The highest BCUT2D eigenvalue weighted by molar-refractivity contribution is 5.64. The highest BCUT2D eigenvalue weighted by atomic mass is 16.7. The average Bonchev–Trinajstić information content (AvgIpc) is 2.82. The summed E-state index contributed by atoms with van der Waals surface area (Å²) in [6.07, 6.45) is 9.29. The molecule has 0 amide bonds. The van der Waals surface area contributed by atoms with Gasteiger partial charge in [0, 0.05) is 18.0 Å². The lowest BCUT2D eigenvalue weighted by Gasteiger charge is -2.64. The Kier molecular flexibility index (Phi) is 5.65. The maximum Gasteiger partial charge on any atom is 0.514 e. The number of rotatable bonds is 5. The molecule has 34 heavy (non-hydrogen) atoms. The molecule has 0 unspecified atom stereocenters. The zero-order valence-corrected chi connectivity index (χ0v) is 19.9. The van der Waals surface area contributed by atoms with Crippen LogP contribution >= 0.6 is 0 Å². The van der Waals surface area contributed by atoms with E-state index in [2.05, 4.69) is 11.0 Å². The van der Waals surface area contributed by atoms with Gasteiger partial charge in [0.1, 0.15) is 12.4 Å². The highest BCUT2D eigenvalue weighted by Gasteiger charge is 2.63. The molecule has 2 saturated carbocycles. The summed E-state index contributed by atoms with van der Waals surface area (Å²) in [5.41, 5.74) is 2.48. The number of fused-ring (bicyclic) bond motifs is 1. The van der Waals surface area contributed by atoms with E-state index in [0.717, 1.165) is 63.1 Å². The van der Waals surface area contributed by atoms with E-state index in [1.165, 1.54) is 30.4 Å². The first kappa shape index (κ1) is 22.1. The van der Waals surface area contributed by atoms with Gasteiger partial charge in [-0.15, -0.1) is 0 Å². The lowest BCUT2D eigenvalue weighted by Crippen LogP contribution is -2.72. The van der Waals surface area contributed by atoms with Crippen molar-refractivity contribution in [3.63, 3.8) is 0 Å². The van der Waals surface area contributed by atoms with E-state index in [0.29, 0.717) is 5.75 Å². The SMILES string of the molecule is O=C(OCc1ccccc1)Oc1ccc2c(c1)[C@@]13CCCC[C@@]1(O)[C@@H](C2)N(CC1CCC1)CC3. The van der Waals surface area contributed by atoms with E-state index < -0.39 is 11.8 Å². The van der Waals surface area contributed by atoms with Crippen LogP contribution in [0.1, 0.15) is 68.1 Å². The molecule has 3 atom stereocenters. The molecule has 5 nitrogen and oxygen atoms in total. The van der Waals surface area contributed by atoms with Gasteiger partial charge in [0.15, 0.2) is 0 Å². The van der Waals surface area contributed by atoms with Gasteiger partial charge in [-0.2, -0.15) is 0 Å². The summed E-state index contributed by atoms with van der Waals surface area (Å²) in [5.74, 6) is 1.31. The van der Waals surface area contributed by atoms with Crippen LogP contribution in [-0.4, -0.2) is 40.9 Å². The van der Waals surface area contributed by atoms with Gasteiger partial charge in [-0.05, 0) is 79.8 Å². The van der Waals surface area contributed by atoms with E-state index in [1.807, 2.05) is 42.5 Å². The normalized spacial score (nSPS) is 30.6. The first-order chi connectivity index (χ1) is 16.6. The van der Waals surface area contributed by atoms with E-state index >= 15 is 0 Å². The first-order valence-corrected chi connectivity index (χ1v) is 13.1. The lowest BCUT2D eigenvalue weighted by atomic mass is 9.49. The van der Waals surface area contributed by atoms with Crippen molar-refractivity contribution in [2.75, 3.05) is 13.1 Å². The molecule has 180 valence electrons. The average molecular weight is 462 g/mol. The second-order valence-corrected chi connectivity index (χ2v) is 10.9. The minimum absolute atomic E-state index is 0.187. The molecule has 2 bridgehead atoms. The van der Waals surface area contributed by atoms with Crippen molar-refractivity contribution < 1.29 is 19.4 Å². The molecule has 3 fully saturated rings. The second kappa shape index (κ2) is 8.69. The minimum atomic E-state index is -0.702. The van der Waals surface area contributed by atoms with Gasteiger partial charge in [-0.25, -0.2) is 4.79 Å². The molecular weight excluding hydrogens is 426 g/mol. The van der Waals surface area contributed by atoms with E-state index in [1.54, 1.807) is 0 Å². The maximum atomic E-state index is 12.4.